The molecule has 0 unspecified atom stereocenters. The van der Waals surface area contributed by atoms with Gasteiger partial charge < -0.3 is 19.3 Å². The highest BCUT2D eigenvalue weighted by molar-refractivity contribution is 6.30. The van der Waals surface area contributed by atoms with Gasteiger partial charge in [-0.15, -0.1) is 0 Å². The van der Waals surface area contributed by atoms with Gasteiger partial charge in [0.2, 0.25) is 5.78 Å². The summed E-state index contributed by atoms with van der Waals surface area (Å²) >= 11 is 5.70. The Morgan fingerprint density at radius 3 is 2.42 bits per heavy atom. The first-order valence-corrected chi connectivity index (χ1v) is 7.25. The Hall–Kier alpha value is -2.73. The van der Waals surface area contributed by atoms with E-state index < -0.39 is 18.4 Å². The van der Waals surface area contributed by atoms with Gasteiger partial charge in [0.1, 0.15) is 22.8 Å². The van der Waals surface area contributed by atoms with Gasteiger partial charge in [0.05, 0.1) is 19.8 Å². The zero-order chi connectivity index (χ0) is 17.7. The van der Waals surface area contributed by atoms with Gasteiger partial charge >= 0.3 is 5.97 Å². The molecule has 0 aliphatic carbocycles. The van der Waals surface area contributed by atoms with E-state index in [4.69, 9.17) is 25.8 Å². The summed E-state index contributed by atoms with van der Waals surface area (Å²) in [6.45, 7) is -0.509. The standard InChI is InChI=1S/C17H15ClO6/c1-22-11-4-6-16(23-2)13(8-11)15(20)9-24-17(21)12-5-3-10(18)7-14(12)19/h3-8,19H,9H2,1-2H3. The molecule has 7 heteroatoms. The predicted molar refractivity (Wildman–Crippen MR) is 87.3 cm³/mol. The van der Waals surface area contributed by atoms with Crippen LogP contribution in [0, 0.1) is 0 Å². The van der Waals surface area contributed by atoms with Gasteiger partial charge in [-0.25, -0.2) is 4.79 Å². The normalized spacial score (nSPS) is 10.1. The van der Waals surface area contributed by atoms with Crippen molar-refractivity contribution in [1.29, 1.82) is 0 Å². The molecule has 126 valence electrons. The summed E-state index contributed by atoms with van der Waals surface area (Å²) < 4.78 is 15.1. The number of carbonyl (C=O) groups excluding carboxylic acids is 2. The number of hydrogen-bond acceptors (Lipinski definition) is 6. The van der Waals surface area contributed by atoms with Crippen LogP contribution in [-0.2, 0) is 4.74 Å². The number of hydrogen-bond donors (Lipinski definition) is 1. The summed E-state index contributed by atoms with van der Waals surface area (Å²) in [5, 5.41) is 9.97. The molecule has 2 aromatic rings. The van der Waals surface area contributed by atoms with E-state index in [0.29, 0.717) is 11.5 Å². The van der Waals surface area contributed by atoms with E-state index in [1.807, 2.05) is 0 Å². The second kappa shape index (κ2) is 7.70. The highest BCUT2D eigenvalue weighted by atomic mass is 35.5. The molecule has 24 heavy (non-hydrogen) atoms. The SMILES string of the molecule is COc1ccc(OC)c(C(=O)COC(=O)c2ccc(Cl)cc2O)c1. The van der Waals surface area contributed by atoms with Crippen molar-refractivity contribution < 1.29 is 28.9 Å². The molecule has 0 saturated carbocycles. The van der Waals surface area contributed by atoms with E-state index in [0.717, 1.165) is 0 Å². The van der Waals surface area contributed by atoms with Crippen LogP contribution in [0.5, 0.6) is 17.2 Å². The second-order valence-corrected chi connectivity index (χ2v) is 5.16. The third-order valence-corrected chi connectivity index (χ3v) is 3.46. The highest BCUT2D eigenvalue weighted by Gasteiger charge is 2.18. The Morgan fingerprint density at radius 1 is 1.04 bits per heavy atom. The van der Waals surface area contributed by atoms with Crippen molar-refractivity contribution in [1.82, 2.24) is 0 Å². The minimum Gasteiger partial charge on any atom is -0.507 e. The van der Waals surface area contributed by atoms with Crippen LogP contribution in [0.2, 0.25) is 5.02 Å². The molecule has 0 saturated heterocycles. The van der Waals surface area contributed by atoms with Crippen molar-refractivity contribution in [3.05, 3.63) is 52.5 Å². The van der Waals surface area contributed by atoms with Crippen LogP contribution in [0.15, 0.2) is 36.4 Å². The Balaban J connectivity index is 2.11. The lowest BCUT2D eigenvalue weighted by Crippen LogP contribution is -2.15. The van der Waals surface area contributed by atoms with Gasteiger partial charge in [0, 0.05) is 5.02 Å². The van der Waals surface area contributed by atoms with E-state index in [2.05, 4.69) is 0 Å². The lowest BCUT2D eigenvalue weighted by atomic mass is 10.1. The maximum absolute atomic E-state index is 12.3. The first kappa shape index (κ1) is 17.6. The molecular weight excluding hydrogens is 336 g/mol. The Kier molecular flexibility index (Phi) is 5.65. The molecule has 0 radical (unpaired) electrons. The number of phenols is 1. The topological polar surface area (TPSA) is 82.1 Å². The average molecular weight is 351 g/mol. The average Bonchev–Trinajstić information content (AvgIpc) is 2.58. The highest BCUT2D eigenvalue weighted by Crippen LogP contribution is 2.25. The number of Topliss-reactive ketones (excluding diaryl/α,β-unsaturated/α-hetero) is 1. The van der Waals surface area contributed by atoms with Crippen molar-refractivity contribution in [2.24, 2.45) is 0 Å². The maximum Gasteiger partial charge on any atom is 0.342 e. The Labute approximate surface area is 143 Å². The summed E-state index contributed by atoms with van der Waals surface area (Å²) in [6.07, 6.45) is 0. The molecule has 0 aliphatic rings. The largest absolute Gasteiger partial charge is 0.507 e. The van der Waals surface area contributed by atoms with Crippen molar-refractivity contribution in [2.75, 3.05) is 20.8 Å². The molecule has 0 heterocycles. The van der Waals surface area contributed by atoms with Crippen LogP contribution in [0.25, 0.3) is 0 Å². The minimum atomic E-state index is -0.834. The van der Waals surface area contributed by atoms with E-state index in [1.165, 1.54) is 38.5 Å². The van der Waals surface area contributed by atoms with Crippen molar-refractivity contribution in [2.45, 2.75) is 0 Å². The number of carbonyl (C=O) groups is 2. The molecule has 0 atom stereocenters. The number of methoxy groups -OCH3 is 2. The zero-order valence-electron chi connectivity index (χ0n) is 13.0. The van der Waals surface area contributed by atoms with Crippen molar-refractivity contribution >= 4 is 23.4 Å². The van der Waals surface area contributed by atoms with E-state index >= 15 is 0 Å². The third kappa shape index (κ3) is 3.97. The lowest BCUT2D eigenvalue weighted by molar-refractivity contribution is 0.0471. The zero-order valence-corrected chi connectivity index (χ0v) is 13.8. The number of benzene rings is 2. The summed E-state index contributed by atoms with van der Waals surface area (Å²) in [4.78, 5) is 24.2. The molecule has 6 nitrogen and oxygen atoms in total. The summed E-state index contributed by atoms with van der Waals surface area (Å²) in [6, 6.07) is 8.69. The number of ketones is 1. The summed E-state index contributed by atoms with van der Waals surface area (Å²) in [5.74, 6) is -0.808. The maximum atomic E-state index is 12.3. The molecule has 1 N–H and O–H groups in total. The Morgan fingerprint density at radius 2 is 1.79 bits per heavy atom. The van der Waals surface area contributed by atoms with Crippen LogP contribution < -0.4 is 9.47 Å². The molecular formula is C17H15ClO6. The quantitative estimate of drug-likeness (QED) is 0.636. The summed E-state index contributed by atoms with van der Waals surface area (Å²) in [7, 11) is 2.90. The fourth-order valence-electron chi connectivity index (χ4n) is 2.00. The molecule has 2 rings (SSSR count). The first-order valence-electron chi connectivity index (χ1n) is 6.87. The predicted octanol–water partition coefficient (Wildman–Crippen LogP) is 3.10. The van der Waals surface area contributed by atoms with E-state index in [-0.39, 0.29) is 21.9 Å². The van der Waals surface area contributed by atoms with Crippen molar-refractivity contribution in [3.8, 4) is 17.2 Å². The number of esters is 1. The molecule has 0 aliphatic heterocycles. The van der Waals surface area contributed by atoms with Crippen LogP contribution in [0.1, 0.15) is 20.7 Å². The number of aromatic hydroxyl groups is 1. The lowest BCUT2D eigenvalue weighted by Gasteiger charge is -2.10. The van der Waals surface area contributed by atoms with Gasteiger partial charge in [-0.1, -0.05) is 11.6 Å². The van der Waals surface area contributed by atoms with Gasteiger partial charge in [0.15, 0.2) is 6.61 Å². The number of phenolic OH excluding ortho intramolecular Hbond substituents is 1. The van der Waals surface area contributed by atoms with E-state index in [9.17, 15) is 14.7 Å². The fourth-order valence-corrected chi connectivity index (χ4v) is 2.16. The number of rotatable bonds is 6. The molecule has 2 aromatic carbocycles. The second-order valence-electron chi connectivity index (χ2n) is 4.73. The van der Waals surface area contributed by atoms with Crippen LogP contribution >= 0.6 is 11.6 Å². The molecule has 0 fully saturated rings. The molecule has 0 aromatic heterocycles. The molecule has 0 amide bonds. The van der Waals surface area contributed by atoms with Gasteiger partial charge in [0.25, 0.3) is 0 Å². The third-order valence-electron chi connectivity index (χ3n) is 3.22. The van der Waals surface area contributed by atoms with Crippen molar-refractivity contribution in [3.63, 3.8) is 0 Å². The number of ether oxygens (including phenoxy) is 3. The Bertz CT molecular complexity index is 772. The van der Waals surface area contributed by atoms with Gasteiger partial charge in [-0.2, -0.15) is 0 Å². The summed E-state index contributed by atoms with van der Waals surface area (Å²) in [5.41, 5.74) is 0.148. The van der Waals surface area contributed by atoms with Crippen LogP contribution in [-0.4, -0.2) is 37.7 Å². The molecule has 0 spiro atoms. The van der Waals surface area contributed by atoms with Crippen LogP contribution in [0.3, 0.4) is 0 Å². The minimum absolute atomic E-state index is 0.0789. The van der Waals surface area contributed by atoms with Crippen LogP contribution in [0.4, 0.5) is 0 Å². The van der Waals surface area contributed by atoms with E-state index in [1.54, 1.807) is 12.1 Å². The fraction of sp³-hybridized carbons (Fsp3) is 0.176. The number of halogens is 1. The smallest absolute Gasteiger partial charge is 0.342 e. The molecule has 0 bridgehead atoms. The van der Waals surface area contributed by atoms with Gasteiger partial charge in [-0.05, 0) is 36.4 Å². The monoisotopic (exact) mass is 350 g/mol. The first-order chi connectivity index (χ1) is 11.5. The van der Waals surface area contributed by atoms with Gasteiger partial charge in [-0.3, -0.25) is 4.79 Å².